The first-order valence-corrected chi connectivity index (χ1v) is 7.46. The molecule has 0 N–H and O–H groups in total. The molecular weight excluding hydrogens is 317 g/mol. The fourth-order valence-electron chi connectivity index (χ4n) is 1.72. The van der Waals surface area contributed by atoms with Crippen molar-refractivity contribution in [3.63, 3.8) is 0 Å². The van der Waals surface area contributed by atoms with Gasteiger partial charge < -0.3 is 0 Å². The monoisotopic (exact) mass is 325 g/mol. The van der Waals surface area contributed by atoms with Crippen molar-refractivity contribution < 1.29 is 0 Å². The van der Waals surface area contributed by atoms with Crippen LogP contribution in [0.2, 0.25) is 10.0 Å². The van der Waals surface area contributed by atoms with Gasteiger partial charge in [0.25, 0.3) is 0 Å². The lowest BCUT2D eigenvalue weighted by molar-refractivity contribution is 0.729. The number of nitrogens with zero attached hydrogens (tertiary/aromatic N) is 5. The lowest BCUT2D eigenvalue weighted by atomic mass is 10.2. The Bertz CT molecular complexity index is 774. The number of hydrogen-bond acceptors (Lipinski definition) is 5. The lowest BCUT2D eigenvalue weighted by Gasteiger charge is -2.04. The Balaban J connectivity index is 1.87. The van der Waals surface area contributed by atoms with Gasteiger partial charge >= 0.3 is 0 Å². The minimum Gasteiger partial charge on any atom is -0.230 e. The predicted molar refractivity (Wildman–Crippen MR) is 80.1 cm³/mol. The van der Waals surface area contributed by atoms with Crippen molar-refractivity contribution in [3.8, 4) is 0 Å². The number of benzene rings is 1. The second-order valence-electron chi connectivity index (χ2n) is 4.09. The summed E-state index contributed by atoms with van der Waals surface area (Å²) in [5.74, 6) is 0.679. The van der Waals surface area contributed by atoms with Crippen molar-refractivity contribution in [2.75, 3.05) is 0 Å². The van der Waals surface area contributed by atoms with Crippen LogP contribution in [0.5, 0.6) is 0 Å². The molecule has 20 heavy (non-hydrogen) atoms. The van der Waals surface area contributed by atoms with E-state index >= 15 is 0 Å². The van der Waals surface area contributed by atoms with Gasteiger partial charge in [0, 0.05) is 22.8 Å². The number of rotatable bonds is 3. The molecule has 0 aliphatic heterocycles. The molecule has 2 heterocycles. The van der Waals surface area contributed by atoms with Gasteiger partial charge in [0.05, 0.1) is 0 Å². The quantitative estimate of drug-likeness (QED) is 0.546. The Morgan fingerprint density at radius 2 is 2.10 bits per heavy atom. The van der Waals surface area contributed by atoms with E-state index < -0.39 is 0 Å². The highest BCUT2D eigenvalue weighted by Crippen LogP contribution is 2.29. The van der Waals surface area contributed by atoms with Crippen LogP contribution in [-0.2, 0) is 12.8 Å². The van der Waals surface area contributed by atoms with Gasteiger partial charge in [-0.25, -0.2) is 14.6 Å². The van der Waals surface area contributed by atoms with E-state index in [2.05, 4.69) is 20.3 Å². The Labute approximate surface area is 129 Å². The number of halogens is 2. The molecule has 1 aromatic carbocycles. The van der Waals surface area contributed by atoms with Crippen molar-refractivity contribution in [1.29, 1.82) is 0 Å². The molecule has 0 unspecified atom stereocenters. The number of aromatic nitrogens is 5. The van der Waals surface area contributed by atoms with Gasteiger partial charge in [-0.1, -0.05) is 46.2 Å². The fourth-order valence-corrected chi connectivity index (χ4v) is 3.21. The second-order valence-corrected chi connectivity index (χ2v) is 5.90. The van der Waals surface area contributed by atoms with Gasteiger partial charge in [0.2, 0.25) is 0 Å². The molecule has 0 aliphatic rings. The molecule has 3 rings (SSSR count). The normalized spacial score (nSPS) is 11.2. The van der Waals surface area contributed by atoms with Crippen LogP contribution in [0.3, 0.4) is 0 Å². The van der Waals surface area contributed by atoms with E-state index in [9.17, 15) is 0 Å². The molecule has 5 nitrogen and oxygen atoms in total. The minimum atomic E-state index is 0.627. The zero-order valence-corrected chi connectivity index (χ0v) is 12.7. The first-order valence-electron chi connectivity index (χ1n) is 5.72. The Kier molecular flexibility index (Phi) is 3.78. The third-order valence-electron chi connectivity index (χ3n) is 2.73. The number of aryl methyl sites for hydroxylation is 1. The van der Waals surface area contributed by atoms with E-state index in [-0.39, 0.29) is 0 Å². The van der Waals surface area contributed by atoms with E-state index in [1.165, 1.54) is 6.33 Å². The van der Waals surface area contributed by atoms with E-state index in [0.29, 0.717) is 27.0 Å². The van der Waals surface area contributed by atoms with Crippen molar-refractivity contribution in [2.24, 2.45) is 7.05 Å². The van der Waals surface area contributed by atoms with Crippen LogP contribution in [0.4, 0.5) is 0 Å². The van der Waals surface area contributed by atoms with E-state index in [4.69, 9.17) is 23.2 Å². The van der Waals surface area contributed by atoms with Crippen LogP contribution in [0.15, 0.2) is 29.6 Å². The summed E-state index contributed by atoms with van der Waals surface area (Å²) in [7, 11) is 1.80. The molecule has 0 fully saturated rings. The first-order chi connectivity index (χ1) is 9.65. The van der Waals surface area contributed by atoms with E-state index in [1.54, 1.807) is 29.6 Å². The zero-order chi connectivity index (χ0) is 14.1. The summed E-state index contributed by atoms with van der Waals surface area (Å²) in [5.41, 5.74) is 2.41. The number of thioether (sulfide) groups is 1. The predicted octanol–water partition coefficient (Wildman–Crippen LogP) is 3.36. The molecule has 0 saturated heterocycles. The fraction of sp³-hybridized carbons (Fsp3) is 0.167. The average molecular weight is 326 g/mol. The van der Waals surface area contributed by atoms with Crippen LogP contribution >= 0.6 is 35.0 Å². The highest BCUT2D eigenvalue weighted by atomic mass is 35.5. The van der Waals surface area contributed by atoms with Gasteiger partial charge in [0.1, 0.15) is 11.4 Å². The maximum Gasteiger partial charge on any atom is 0.182 e. The van der Waals surface area contributed by atoms with Crippen molar-refractivity contribution >= 4 is 46.1 Å². The summed E-state index contributed by atoms with van der Waals surface area (Å²) in [6.07, 6.45) is 1.51. The lowest BCUT2D eigenvalue weighted by Crippen LogP contribution is -1.93. The molecule has 0 atom stereocenters. The summed E-state index contributed by atoms with van der Waals surface area (Å²) >= 11 is 13.6. The van der Waals surface area contributed by atoms with Crippen LogP contribution in [0.25, 0.3) is 11.2 Å². The first kappa shape index (κ1) is 13.6. The molecule has 0 saturated carbocycles. The Morgan fingerprint density at radius 3 is 2.90 bits per heavy atom. The largest absolute Gasteiger partial charge is 0.230 e. The average Bonchev–Trinajstić information content (AvgIpc) is 2.80. The van der Waals surface area contributed by atoms with Crippen LogP contribution < -0.4 is 0 Å². The van der Waals surface area contributed by atoms with Crippen LogP contribution in [-0.4, -0.2) is 25.0 Å². The molecule has 0 amide bonds. The van der Waals surface area contributed by atoms with Gasteiger partial charge in [0.15, 0.2) is 11.2 Å². The topological polar surface area (TPSA) is 56.5 Å². The van der Waals surface area contributed by atoms with Gasteiger partial charge in [-0.05, 0) is 17.7 Å². The minimum absolute atomic E-state index is 0.627. The third-order valence-corrected chi connectivity index (χ3v) is 4.35. The van der Waals surface area contributed by atoms with Crippen LogP contribution in [0, 0.1) is 0 Å². The SMILES string of the molecule is Cn1nnc2c(SCc3ccc(Cl)cc3Cl)ncnc21. The maximum atomic E-state index is 6.16. The molecule has 2 aromatic heterocycles. The molecule has 0 aliphatic carbocycles. The number of fused-ring (bicyclic) bond motifs is 1. The standard InChI is InChI=1S/C12H9Cl2N5S/c1-19-11-10(17-18-19)12(16-6-15-11)20-5-7-2-3-8(13)4-9(7)14/h2-4,6H,5H2,1H3. The smallest absolute Gasteiger partial charge is 0.182 e. The molecule has 0 spiro atoms. The van der Waals surface area contributed by atoms with Gasteiger partial charge in [-0.15, -0.1) is 5.10 Å². The summed E-state index contributed by atoms with van der Waals surface area (Å²) in [5, 5.41) is 10.1. The molecule has 102 valence electrons. The molecule has 0 radical (unpaired) electrons. The second kappa shape index (κ2) is 5.55. The Hall–Kier alpha value is -1.37. The summed E-state index contributed by atoms with van der Waals surface area (Å²) in [6.45, 7) is 0. The molecule has 0 bridgehead atoms. The van der Waals surface area contributed by atoms with Crippen LogP contribution in [0.1, 0.15) is 5.56 Å². The molecule has 3 aromatic rings. The van der Waals surface area contributed by atoms with Crippen molar-refractivity contribution in [2.45, 2.75) is 10.8 Å². The molecule has 8 heteroatoms. The third kappa shape index (κ3) is 2.59. The summed E-state index contributed by atoms with van der Waals surface area (Å²) in [6, 6.07) is 5.46. The molecular formula is C12H9Cl2N5S. The zero-order valence-electron chi connectivity index (χ0n) is 10.4. The van der Waals surface area contributed by atoms with Gasteiger partial charge in [-0.3, -0.25) is 0 Å². The summed E-state index contributed by atoms with van der Waals surface area (Å²) in [4.78, 5) is 8.40. The Morgan fingerprint density at radius 1 is 1.25 bits per heavy atom. The van der Waals surface area contributed by atoms with E-state index in [0.717, 1.165) is 10.6 Å². The highest BCUT2D eigenvalue weighted by Gasteiger charge is 2.11. The van der Waals surface area contributed by atoms with Crippen molar-refractivity contribution in [3.05, 3.63) is 40.1 Å². The summed E-state index contributed by atoms with van der Waals surface area (Å²) < 4.78 is 1.62. The van der Waals surface area contributed by atoms with Crippen molar-refractivity contribution in [1.82, 2.24) is 25.0 Å². The van der Waals surface area contributed by atoms with E-state index in [1.807, 2.05) is 12.1 Å². The van der Waals surface area contributed by atoms with Gasteiger partial charge in [-0.2, -0.15) is 0 Å². The highest BCUT2D eigenvalue weighted by molar-refractivity contribution is 7.98. The number of hydrogen-bond donors (Lipinski definition) is 0. The maximum absolute atomic E-state index is 6.16.